The topological polar surface area (TPSA) is 116 Å². The number of rotatable bonds is 6. The van der Waals surface area contributed by atoms with Gasteiger partial charge in [-0.2, -0.15) is 0 Å². The monoisotopic (exact) mass is 204 g/mol. The zero-order valence-corrected chi connectivity index (χ0v) is 8.16. The molecule has 1 atom stereocenters. The Morgan fingerprint density at radius 2 is 2.07 bits per heavy atom. The largest absolute Gasteiger partial charge is 0.480 e. The number of carboxylic acids is 1. The van der Waals surface area contributed by atoms with E-state index in [1.807, 2.05) is 0 Å². The molecule has 0 fully saturated rings. The van der Waals surface area contributed by atoms with Crippen LogP contribution in [0.15, 0.2) is 0 Å². The van der Waals surface area contributed by atoms with Crippen molar-refractivity contribution < 1.29 is 19.4 Å². The summed E-state index contributed by atoms with van der Waals surface area (Å²) in [6.07, 6.45) is 0.368. The van der Waals surface area contributed by atoms with Gasteiger partial charge in [-0.05, 0) is 6.42 Å². The fourth-order valence-electron chi connectivity index (χ4n) is 0.841. The van der Waals surface area contributed by atoms with E-state index in [2.05, 4.69) is 4.74 Å². The van der Waals surface area contributed by atoms with Crippen LogP contribution in [0.1, 0.15) is 19.8 Å². The average molecular weight is 204 g/mol. The number of hydrogen-bond acceptors (Lipinski definition) is 5. The van der Waals surface area contributed by atoms with Gasteiger partial charge in [-0.25, -0.2) is 0 Å². The second-order valence-electron chi connectivity index (χ2n) is 2.99. The van der Waals surface area contributed by atoms with Crippen LogP contribution in [0.25, 0.3) is 0 Å². The lowest BCUT2D eigenvalue weighted by molar-refractivity contribution is -0.148. The second-order valence-corrected chi connectivity index (χ2v) is 2.99. The van der Waals surface area contributed by atoms with Crippen molar-refractivity contribution in [2.75, 3.05) is 13.2 Å². The van der Waals surface area contributed by atoms with Gasteiger partial charge in [-0.3, -0.25) is 9.59 Å². The first kappa shape index (κ1) is 12.9. The predicted octanol–water partition coefficient (Wildman–Crippen LogP) is -0.929. The average Bonchev–Trinajstić information content (AvgIpc) is 2.16. The molecule has 0 amide bonds. The number of ether oxygens (including phenoxy) is 1. The summed E-state index contributed by atoms with van der Waals surface area (Å²) in [5.74, 6) is -1.65. The van der Waals surface area contributed by atoms with Gasteiger partial charge in [0, 0.05) is 6.42 Å². The van der Waals surface area contributed by atoms with Crippen molar-refractivity contribution in [2.24, 2.45) is 11.5 Å². The molecule has 0 rings (SSSR count). The van der Waals surface area contributed by atoms with Crippen LogP contribution in [-0.4, -0.2) is 35.7 Å². The molecule has 0 radical (unpaired) electrons. The van der Waals surface area contributed by atoms with Crippen LogP contribution < -0.4 is 11.5 Å². The van der Waals surface area contributed by atoms with E-state index in [9.17, 15) is 9.59 Å². The molecule has 5 N–H and O–H groups in total. The third-order valence-electron chi connectivity index (χ3n) is 2.03. The van der Waals surface area contributed by atoms with Crippen LogP contribution in [0.2, 0.25) is 0 Å². The number of carbonyl (C=O) groups is 2. The summed E-state index contributed by atoms with van der Waals surface area (Å²) in [5.41, 5.74) is 9.21. The first-order valence-electron chi connectivity index (χ1n) is 4.34. The Hall–Kier alpha value is -1.14. The molecule has 0 aliphatic carbocycles. The number of esters is 1. The number of carboxylic acid groups (broad SMARTS) is 1. The third-order valence-corrected chi connectivity index (χ3v) is 2.03. The Morgan fingerprint density at radius 3 is 2.43 bits per heavy atom. The Kier molecular flexibility index (Phi) is 5.11. The molecular formula is C8H16N2O4. The number of carbonyl (C=O) groups excluding carboxylic acids is 1. The minimum atomic E-state index is -1.32. The maximum absolute atomic E-state index is 10.7. The van der Waals surface area contributed by atoms with E-state index >= 15 is 0 Å². The van der Waals surface area contributed by atoms with Crippen molar-refractivity contribution in [2.45, 2.75) is 25.3 Å². The molecular weight excluding hydrogens is 188 g/mol. The van der Waals surface area contributed by atoms with Gasteiger partial charge in [0.05, 0.1) is 13.2 Å². The van der Waals surface area contributed by atoms with Crippen molar-refractivity contribution in [3.8, 4) is 0 Å². The van der Waals surface area contributed by atoms with Gasteiger partial charge in [0.25, 0.3) is 0 Å². The Morgan fingerprint density at radius 1 is 1.50 bits per heavy atom. The zero-order valence-electron chi connectivity index (χ0n) is 8.16. The third kappa shape index (κ3) is 3.71. The van der Waals surface area contributed by atoms with Gasteiger partial charge >= 0.3 is 11.9 Å². The quantitative estimate of drug-likeness (QED) is 0.481. The Labute approximate surface area is 82.2 Å². The van der Waals surface area contributed by atoms with Crippen LogP contribution in [0.3, 0.4) is 0 Å². The predicted molar refractivity (Wildman–Crippen MR) is 49.5 cm³/mol. The summed E-state index contributed by atoms with van der Waals surface area (Å²) in [4.78, 5) is 21.3. The molecule has 0 aromatic carbocycles. The van der Waals surface area contributed by atoms with Crippen molar-refractivity contribution >= 4 is 11.9 Å². The van der Waals surface area contributed by atoms with E-state index in [-0.39, 0.29) is 26.0 Å². The molecule has 0 heterocycles. The van der Waals surface area contributed by atoms with Crippen LogP contribution in [0.5, 0.6) is 0 Å². The summed E-state index contributed by atoms with van der Waals surface area (Å²) < 4.78 is 4.63. The minimum Gasteiger partial charge on any atom is -0.480 e. The molecule has 6 heteroatoms. The highest BCUT2D eigenvalue weighted by molar-refractivity contribution is 5.78. The molecule has 0 aliphatic rings. The highest BCUT2D eigenvalue weighted by atomic mass is 16.5. The number of hydrogen-bond donors (Lipinski definition) is 3. The molecule has 0 saturated carbocycles. The number of nitrogens with two attached hydrogens (primary N) is 2. The highest BCUT2D eigenvalue weighted by Crippen LogP contribution is 2.11. The molecule has 0 aromatic rings. The van der Waals surface area contributed by atoms with Crippen molar-refractivity contribution in [1.29, 1.82) is 0 Å². The first-order valence-corrected chi connectivity index (χ1v) is 4.34. The molecule has 82 valence electrons. The van der Waals surface area contributed by atoms with Crippen LogP contribution in [0.4, 0.5) is 0 Å². The summed E-state index contributed by atoms with van der Waals surface area (Å²) in [5, 5.41) is 8.76. The smallest absolute Gasteiger partial charge is 0.323 e. The molecule has 0 aliphatic heterocycles. The summed E-state index contributed by atoms with van der Waals surface area (Å²) in [7, 11) is 0. The fourth-order valence-corrected chi connectivity index (χ4v) is 0.841. The van der Waals surface area contributed by atoms with E-state index in [0.717, 1.165) is 0 Å². The lowest BCUT2D eigenvalue weighted by Crippen LogP contribution is -2.48. The van der Waals surface area contributed by atoms with E-state index in [1.165, 1.54) is 0 Å². The van der Waals surface area contributed by atoms with Gasteiger partial charge in [0.15, 0.2) is 0 Å². The van der Waals surface area contributed by atoms with Gasteiger partial charge in [-0.15, -0.1) is 0 Å². The van der Waals surface area contributed by atoms with Crippen LogP contribution >= 0.6 is 0 Å². The lowest BCUT2D eigenvalue weighted by Gasteiger charge is -2.22. The summed E-state index contributed by atoms with van der Waals surface area (Å²) in [6, 6.07) is 0. The minimum absolute atomic E-state index is 0.0212. The second kappa shape index (κ2) is 5.56. The number of aliphatic carboxylic acids is 1. The fraction of sp³-hybridized carbons (Fsp3) is 0.750. The normalized spacial score (nSPS) is 14.5. The SMILES string of the molecule is CC[C@](N)(CCOC(=O)CN)C(=O)O. The molecule has 6 nitrogen and oxygen atoms in total. The maximum atomic E-state index is 10.7. The molecule has 0 unspecified atom stereocenters. The zero-order chi connectivity index (χ0) is 11.2. The molecule has 0 saturated heterocycles. The van der Waals surface area contributed by atoms with Crippen LogP contribution in [0, 0.1) is 0 Å². The van der Waals surface area contributed by atoms with E-state index in [0.29, 0.717) is 0 Å². The van der Waals surface area contributed by atoms with E-state index in [1.54, 1.807) is 6.92 Å². The summed E-state index contributed by atoms with van der Waals surface area (Å²) in [6.45, 7) is 1.43. The lowest BCUT2D eigenvalue weighted by atomic mass is 9.94. The standard InChI is InChI=1S/C8H16N2O4/c1-2-8(10,7(12)13)3-4-14-6(11)5-9/h2-5,9-10H2,1H3,(H,12,13)/t8-/m0/s1. The summed E-state index contributed by atoms with van der Waals surface area (Å²) >= 11 is 0. The molecule has 0 spiro atoms. The van der Waals surface area contributed by atoms with Crippen molar-refractivity contribution in [3.63, 3.8) is 0 Å². The maximum Gasteiger partial charge on any atom is 0.323 e. The van der Waals surface area contributed by atoms with Crippen molar-refractivity contribution in [3.05, 3.63) is 0 Å². The van der Waals surface area contributed by atoms with E-state index < -0.39 is 17.5 Å². The van der Waals surface area contributed by atoms with Gasteiger partial charge in [-0.1, -0.05) is 6.92 Å². The van der Waals surface area contributed by atoms with Gasteiger partial charge in [0.2, 0.25) is 0 Å². The Balaban J connectivity index is 3.97. The molecule has 14 heavy (non-hydrogen) atoms. The molecule has 0 aromatic heterocycles. The Bertz CT molecular complexity index is 219. The highest BCUT2D eigenvalue weighted by Gasteiger charge is 2.31. The first-order chi connectivity index (χ1) is 6.46. The van der Waals surface area contributed by atoms with Gasteiger partial charge in [0.1, 0.15) is 5.54 Å². The van der Waals surface area contributed by atoms with Crippen LogP contribution in [-0.2, 0) is 14.3 Å². The van der Waals surface area contributed by atoms with Gasteiger partial charge < -0.3 is 21.3 Å². The van der Waals surface area contributed by atoms with E-state index in [4.69, 9.17) is 16.6 Å². The van der Waals surface area contributed by atoms with Crippen molar-refractivity contribution in [1.82, 2.24) is 0 Å². The molecule has 0 bridgehead atoms.